The highest BCUT2D eigenvalue weighted by molar-refractivity contribution is 7.18. The lowest BCUT2D eigenvalue weighted by Gasteiger charge is -2.15. The van der Waals surface area contributed by atoms with Gasteiger partial charge in [0.15, 0.2) is 6.10 Å². The molecule has 0 radical (unpaired) electrons. The summed E-state index contributed by atoms with van der Waals surface area (Å²) in [5.41, 5.74) is 2.81. The number of rotatable bonds is 4. The third-order valence-corrected chi connectivity index (χ3v) is 5.49. The van der Waals surface area contributed by atoms with Gasteiger partial charge in [0.05, 0.1) is 10.2 Å². The molecule has 1 amide bonds. The summed E-state index contributed by atoms with van der Waals surface area (Å²) in [6, 6.07) is 24.0. The van der Waals surface area contributed by atoms with E-state index in [-0.39, 0.29) is 0 Å². The Kier molecular flexibility index (Phi) is 5.87. The molecule has 0 aliphatic heterocycles. The Labute approximate surface area is 177 Å². The minimum atomic E-state index is -1.65. The molecule has 1 heterocycles. The van der Waals surface area contributed by atoms with Crippen molar-refractivity contribution in [2.75, 3.05) is 5.32 Å². The van der Waals surface area contributed by atoms with Gasteiger partial charge in [-0.1, -0.05) is 48.2 Å². The van der Waals surface area contributed by atoms with Gasteiger partial charge in [-0.15, -0.1) is 11.3 Å². The molecule has 3 aromatic carbocycles. The van der Waals surface area contributed by atoms with Crippen LogP contribution < -0.4 is 5.32 Å². The third kappa shape index (κ3) is 4.56. The van der Waals surface area contributed by atoms with E-state index in [9.17, 15) is 15.0 Å². The summed E-state index contributed by atoms with van der Waals surface area (Å²) in [4.78, 5) is 16.8. The van der Waals surface area contributed by atoms with E-state index in [1.54, 1.807) is 18.2 Å². The zero-order chi connectivity index (χ0) is 20.9. The maximum Gasteiger partial charge on any atom is 0.256 e. The molecule has 0 bridgehead atoms. The minimum Gasteiger partial charge on any atom is -0.383 e. The van der Waals surface area contributed by atoms with Crippen molar-refractivity contribution in [2.45, 2.75) is 12.2 Å². The lowest BCUT2D eigenvalue weighted by molar-refractivity contribution is -0.129. The van der Waals surface area contributed by atoms with Crippen molar-refractivity contribution in [3.8, 4) is 11.8 Å². The summed E-state index contributed by atoms with van der Waals surface area (Å²) in [7, 11) is 0. The van der Waals surface area contributed by atoms with Crippen molar-refractivity contribution in [3.63, 3.8) is 0 Å². The van der Waals surface area contributed by atoms with Crippen molar-refractivity contribution in [1.29, 1.82) is 0 Å². The Bertz CT molecular complexity index is 1210. The second-order valence-electron chi connectivity index (χ2n) is 6.60. The molecule has 0 fully saturated rings. The van der Waals surface area contributed by atoms with Gasteiger partial charge in [-0.2, -0.15) is 0 Å². The maximum atomic E-state index is 12.5. The minimum absolute atomic E-state index is 0.293. The van der Waals surface area contributed by atoms with Gasteiger partial charge < -0.3 is 15.5 Å². The maximum absolute atomic E-state index is 12.5. The standard InChI is InChI=1S/C24H18N2O3S/c27-21(22(28)24-26-19-11-4-5-12-20(19)30-24)23(29)25-18-10-6-9-17(15-18)14-13-16-7-2-1-3-8-16/h1-12,15,21-22,27-28H,(H,25,29). The monoisotopic (exact) mass is 414 g/mol. The highest BCUT2D eigenvalue weighted by atomic mass is 32.1. The van der Waals surface area contributed by atoms with Gasteiger partial charge in [0.1, 0.15) is 11.1 Å². The first-order valence-electron chi connectivity index (χ1n) is 9.30. The Morgan fingerprint density at radius 3 is 2.40 bits per heavy atom. The van der Waals surface area contributed by atoms with Crippen LogP contribution in [0, 0.1) is 11.8 Å². The van der Waals surface area contributed by atoms with Crippen LogP contribution in [0.5, 0.6) is 0 Å². The van der Waals surface area contributed by atoms with Crippen LogP contribution in [0.25, 0.3) is 10.2 Å². The number of carbonyl (C=O) groups is 1. The number of thiazole rings is 1. The number of anilines is 1. The first kappa shape index (κ1) is 19.8. The number of nitrogens with one attached hydrogen (secondary N) is 1. The molecule has 4 aromatic rings. The highest BCUT2D eigenvalue weighted by Crippen LogP contribution is 2.28. The number of fused-ring (bicyclic) bond motifs is 1. The third-order valence-electron chi connectivity index (χ3n) is 4.39. The number of carbonyl (C=O) groups excluding carboxylic acids is 1. The van der Waals surface area contributed by atoms with E-state index in [4.69, 9.17) is 0 Å². The van der Waals surface area contributed by atoms with E-state index < -0.39 is 18.1 Å². The Hall–Kier alpha value is -3.50. The van der Waals surface area contributed by atoms with Crippen molar-refractivity contribution in [3.05, 3.63) is 95.0 Å². The zero-order valence-electron chi connectivity index (χ0n) is 15.8. The Balaban J connectivity index is 1.46. The number of para-hydroxylation sites is 1. The summed E-state index contributed by atoms with van der Waals surface area (Å²) in [6.07, 6.45) is -3.06. The number of hydrogen-bond donors (Lipinski definition) is 3. The van der Waals surface area contributed by atoms with E-state index in [0.29, 0.717) is 16.2 Å². The topological polar surface area (TPSA) is 82.5 Å². The smallest absolute Gasteiger partial charge is 0.256 e. The molecule has 6 heteroatoms. The normalized spacial score (nSPS) is 12.6. The number of hydrogen-bond acceptors (Lipinski definition) is 5. The van der Waals surface area contributed by atoms with Crippen LogP contribution in [-0.4, -0.2) is 27.2 Å². The van der Waals surface area contributed by atoms with Crippen LogP contribution in [-0.2, 0) is 4.79 Å². The van der Waals surface area contributed by atoms with Crippen molar-refractivity contribution < 1.29 is 15.0 Å². The molecule has 0 aliphatic rings. The molecule has 1 aromatic heterocycles. The van der Waals surface area contributed by atoms with Crippen LogP contribution in [0.2, 0.25) is 0 Å². The van der Waals surface area contributed by atoms with Gasteiger partial charge in [0.2, 0.25) is 0 Å². The van der Waals surface area contributed by atoms with Crippen LogP contribution in [0.4, 0.5) is 5.69 Å². The van der Waals surface area contributed by atoms with Crippen LogP contribution in [0.3, 0.4) is 0 Å². The highest BCUT2D eigenvalue weighted by Gasteiger charge is 2.28. The number of aliphatic hydroxyl groups is 2. The molecular weight excluding hydrogens is 396 g/mol. The molecule has 0 aliphatic carbocycles. The molecule has 3 N–H and O–H groups in total. The SMILES string of the molecule is O=C(Nc1cccc(C#Cc2ccccc2)c1)C(O)C(O)c1nc2ccccc2s1. The molecule has 2 atom stereocenters. The van der Waals surface area contributed by atoms with E-state index in [2.05, 4.69) is 22.1 Å². The molecule has 0 saturated carbocycles. The molecule has 5 nitrogen and oxygen atoms in total. The van der Waals surface area contributed by atoms with Gasteiger partial charge in [-0.3, -0.25) is 4.79 Å². The predicted molar refractivity (Wildman–Crippen MR) is 118 cm³/mol. The number of amides is 1. The molecule has 0 spiro atoms. The second kappa shape index (κ2) is 8.89. The van der Waals surface area contributed by atoms with Gasteiger partial charge >= 0.3 is 0 Å². The van der Waals surface area contributed by atoms with Crippen LogP contribution in [0.15, 0.2) is 78.9 Å². The zero-order valence-corrected chi connectivity index (χ0v) is 16.6. The predicted octanol–water partition coefficient (Wildman–Crippen LogP) is 3.73. The van der Waals surface area contributed by atoms with E-state index in [1.165, 1.54) is 11.3 Å². The molecule has 30 heavy (non-hydrogen) atoms. The van der Waals surface area contributed by atoms with Gasteiger partial charge in [-0.05, 0) is 42.5 Å². The van der Waals surface area contributed by atoms with Gasteiger partial charge in [0.25, 0.3) is 5.91 Å². The van der Waals surface area contributed by atoms with Crippen molar-refractivity contribution in [1.82, 2.24) is 4.98 Å². The summed E-state index contributed by atoms with van der Waals surface area (Å²) in [5.74, 6) is 5.39. The van der Waals surface area contributed by atoms with Crippen LogP contribution in [0.1, 0.15) is 22.2 Å². The summed E-state index contributed by atoms with van der Waals surface area (Å²) < 4.78 is 0.879. The molecule has 2 unspecified atom stereocenters. The number of nitrogens with zero attached hydrogens (tertiary/aromatic N) is 1. The Morgan fingerprint density at radius 2 is 1.60 bits per heavy atom. The lowest BCUT2D eigenvalue weighted by Crippen LogP contribution is -2.33. The van der Waals surface area contributed by atoms with E-state index in [1.807, 2.05) is 60.7 Å². The van der Waals surface area contributed by atoms with E-state index >= 15 is 0 Å². The summed E-state index contributed by atoms with van der Waals surface area (Å²) in [6.45, 7) is 0. The van der Waals surface area contributed by atoms with Gasteiger partial charge in [-0.25, -0.2) is 4.98 Å². The fraction of sp³-hybridized carbons (Fsp3) is 0.0833. The van der Waals surface area contributed by atoms with Crippen molar-refractivity contribution >= 4 is 33.1 Å². The second-order valence-corrected chi connectivity index (χ2v) is 7.66. The van der Waals surface area contributed by atoms with E-state index in [0.717, 1.165) is 15.8 Å². The average molecular weight is 414 g/mol. The van der Waals surface area contributed by atoms with Gasteiger partial charge in [0, 0.05) is 16.8 Å². The van der Waals surface area contributed by atoms with Crippen LogP contribution >= 0.6 is 11.3 Å². The molecule has 148 valence electrons. The fourth-order valence-electron chi connectivity index (χ4n) is 2.85. The Morgan fingerprint density at radius 1 is 0.900 bits per heavy atom. The van der Waals surface area contributed by atoms with Crippen molar-refractivity contribution in [2.24, 2.45) is 0 Å². The average Bonchev–Trinajstić information content (AvgIpc) is 3.22. The quantitative estimate of drug-likeness (QED) is 0.445. The molecular formula is C24H18N2O3S. The number of aliphatic hydroxyl groups excluding tert-OH is 2. The number of aromatic nitrogens is 1. The molecule has 0 saturated heterocycles. The summed E-state index contributed by atoms with van der Waals surface area (Å²) in [5, 5.41) is 23.7. The first-order chi connectivity index (χ1) is 14.6. The molecule has 4 rings (SSSR count). The fourth-order valence-corrected chi connectivity index (χ4v) is 3.84. The summed E-state index contributed by atoms with van der Waals surface area (Å²) >= 11 is 1.24. The number of benzene rings is 3. The lowest BCUT2D eigenvalue weighted by atomic mass is 10.1. The first-order valence-corrected chi connectivity index (χ1v) is 10.1. The largest absolute Gasteiger partial charge is 0.383 e.